The van der Waals surface area contributed by atoms with Crippen LogP contribution in [-0.2, 0) is 0 Å². The molecule has 2 aromatic carbocycles. The Morgan fingerprint density at radius 1 is 0.963 bits per heavy atom. The van der Waals surface area contributed by atoms with E-state index in [2.05, 4.69) is 4.98 Å². The van der Waals surface area contributed by atoms with E-state index in [-0.39, 0.29) is 5.69 Å². The highest BCUT2D eigenvalue weighted by atomic mass is 16.6. The lowest BCUT2D eigenvalue weighted by Crippen LogP contribution is -1.95. The van der Waals surface area contributed by atoms with Crippen molar-refractivity contribution in [3.05, 3.63) is 63.8 Å². The van der Waals surface area contributed by atoms with E-state index in [9.17, 15) is 10.1 Å². The number of non-ortho nitro benzene ring substituents is 1. The molecule has 0 aliphatic heterocycles. The smallest absolute Gasteiger partial charge is 0.278 e. The van der Waals surface area contributed by atoms with Crippen molar-refractivity contribution in [1.82, 2.24) is 4.98 Å². The molecule has 27 heavy (non-hydrogen) atoms. The normalized spacial score (nSPS) is 10.9. The number of fused-ring (bicyclic) bond motifs is 1. The summed E-state index contributed by atoms with van der Waals surface area (Å²) in [7, 11) is 4.67. The molecule has 0 fully saturated rings. The highest BCUT2D eigenvalue weighted by molar-refractivity contribution is 5.89. The van der Waals surface area contributed by atoms with Gasteiger partial charge in [-0.05, 0) is 42.0 Å². The summed E-state index contributed by atoms with van der Waals surface area (Å²) in [6, 6.07) is 11.9. The molecule has 0 atom stereocenters. The predicted molar refractivity (Wildman–Crippen MR) is 103 cm³/mol. The third-order valence-electron chi connectivity index (χ3n) is 4.06. The average molecular weight is 366 g/mol. The Bertz CT molecular complexity index is 1010. The number of nitrogens with zero attached hydrogens (tertiary/aromatic N) is 2. The molecule has 1 aromatic heterocycles. The SMILES string of the molecule is COc1cc(/C=C/c2ccc3c([N+](=O)[O-])cccc3n2)cc(OC)c1OC. The summed E-state index contributed by atoms with van der Waals surface area (Å²) in [6.45, 7) is 0. The van der Waals surface area contributed by atoms with Gasteiger partial charge < -0.3 is 14.2 Å². The Morgan fingerprint density at radius 3 is 2.26 bits per heavy atom. The number of rotatable bonds is 6. The van der Waals surface area contributed by atoms with E-state index < -0.39 is 4.92 Å². The van der Waals surface area contributed by atoms with Gasteiger partial charge in [0.15, 0.2) is 11.5 Å². The highest BCUT2D eigenvalue weighted by Gasteiger charge is 2.13. The van der Waals surface area contributed by atoms with Crippen LogP contribution >= 0.6 is 0 Å². The summed E-state index contributed by atoms with van der Waals surface area (Å²) in [5, 5.41) is 11.6. The molecule has 0 aliphatic carbocycles. The van der Waals surface area contributed by atoms with Crippen molar-refractivity contribution in [1.29, 1.82) is 0 Å². The van der Waals surface area contributed by atoms with E-state index >= 15 is 0 Å². The number of nitro benzene ring substituents is 1. The van der Waals surface area contributed by atoms with Gasteiger partial charge in [0.1, 0.15) is 0 Å². The maximum atomic E-state index is 11.1. The molecule has 0 saturated heterocycles. The maximum Gasteiger partial charge on any atom is 0.278 e. The second-order valence-electron chi connectivity index (χ2n) is 5.63. The summed E-state index contributed by atoms with van der Waals surface area (Å²) < 4.78 is 16.0. The third-order valence-corrected chi connectivity index (χ3v) is 4.06. The fraction of sp³-hybridized carbons (Fsp3) is 0.150. The van der Waals surface area contributed by atoms with Crippen LogP contribution in [-0.4, -0.2) is 31.2 Å². The summed E-state index contributed by atoms with van der Waals surface area (Å²) >= 11 is 0. The van der Waals surface area contributed by atoms with E-state index in [0.717, 1.165) is 5.56 Å². The standard InChI is InChI=1S/C20H18N2O5/c1-25-18-11-13(12-19(26-2)20(18)27-3)7-8-14-9-10-15-16(21-14)5-4-6-17(15)22(23)24/h4-12H,1-3H3/b8-7+. The Morgan fingerprint density at radius 2 is 1.67 bits per heavy atom. The fourth-order valence-corrected chi connectivity index (χ4v) is 2.79. The number of aromatic nitrogens is 1. The van der Waals surface area contributed by atoms with Gasteiger partial charge >= 0.3 is 0 Å². The minimum absolute atomic E-state index is 0.0418. The van der Waals surface area contributed by atoms with Crippen molar-refractivity contribution >= 4 is 28.7 Å². The molecule has 7 nitrogen and oxygen atoms in total. The van der Waals surface area contributed by atoms with Crippen molar-refractivity contribution in [3.8, 4) is 17.2 Å². The molecule has 1 heterocycles. The molecule has 0 N–H and O–H groups in total. The van der Waals surface area contributed by atoms with Gasteiger partial charge in [-0.25, -0.2) is 4.98 Å². The van der Waals surface area contributed by atoms with Gasteiger partial charge in [-0.2, -0.15) is 0 Å². The molecule has 0 spiro atoms. The summed E-state index contributed by atoms with van der Waals surface area (Å²) in [6.07, 6.45) is 3.68. The van der Waals surface area contributed by atoms with Gasteiger partial charge in [0.25, 0.3) is 5.69 Å². The van der Waals surface area contributed by atoms with Crippen molar-refractivity contribution in [3.63, 3.8) is 0 Å². The zero-order valence-corrected chi connectivity index (χ0v) is 15.1. The zero-order valence-electron chi connectivity index (χ0n) is 15.1. The molecule has 0 bridgehead atoms. The van der Waals surface area contributed by atoms with Gasteiger partial charge in [-0.1, -0.05) is 12.1 Å². The van der Waals surface area contributed by atoms with Crippen LogP contribution in [0.2, 0.25) is 0 Å². The second-order valence-corrected chi connectivity index (χ2v) is 5.63. The minimum Gasteiger partial charge on any atom is -0.493 e. The van der Waals surface area contributed by atoms with Crippen molar-refractivity contribution in [2.75, 3.05) is 21.3 Å². The van der Waals surface area contributed by atoms with Gasteiger partial charge in [0.2, 0.25) is 5.75 Å². The van der Waals surface area contributed by atoms with Crippen LogP contribution < -0.4 is 14.2 Å². The number of nitro groups is 1. The number of methoxy groups -OCH3 is 3. The van der Waals surface area contributed by atoms with Crippen LogP contribution in [0.4, 0.5) is 5.69 Å². The van der Waals surface area contributed by atoms with Crippen LogP contribution in [0.3, 0.4) is 0 Å². The van der Waals surface area contributed by atoms with Crippen molar-refractivity contribution in [2.24, 2.45) is 0 Å². The quantitative estimate of drug-likeness (QED) is 0.477. The Hall–Kier alpha value is -3.61. The van der Waals surface area contributed by atoms with E-state index in [1.807, 2.05) is 24.3 Å². The Labute approximate surface area is 156 Å². The van der Waals surface area contributed by atoms with Crippen LogP contribution in [0.5, 0.6) is 17.2 Å². The molecule has 0 radical (unpaired) electrons. The molecule has 3 aromatic rings. The average Bonchev–Trinajstić information content (AvgIpc) is 2.70. The van der Waals surface area contributed by atoms with Crippen LogP contribution in [0, 0.1) is 10.1 Å². The number of benzene rings is 2. The summed E-state index contributed by atoms with van der Waals surface area (Å²) in [5.74, 6) is 1.63. The molecule has 0 amide bonds. The lowest BCUT2D eigenvalue weighted by molar-refractivity contribution is -0.383. The lowest BCUT2D eigenvalue weighted by atomic mass is 10.1. The highest BCUT2D eigenvalue weighted by Crippen LogP contribution is 2.38. The first kappa shape index (κ1) is 18.2. The fourth-order valence-electron chi connectivity index (χ4n) is 2.79. The second kappa shape index (κ2) is 7.74. The topological polar surface area (TPSA) is 83.7 Å². The van der Waals surface area contributed by atoms with Crippen LogP contribution in [0.25, 0.3) is 23.1 Å². The molecule has 0 saturated carbocycles. The van der Waals surface area contributed by atoms with Crippen LogP contribution in [0.15, 0.2) is 42.5 Å². The maximum absolute atomic E-state index is 11.1. The predicted octanol–water partition coefficient (Wildman–Crippen LogP) is 4.34. The number of hydrogen-bond donors (Lipinski definition) is 0. The molecule has 0 aliphatic rings. The molecule has 0 unspecified atom stereocenters. The van der Waals surface area contributed by atoms with Gasteiger partial charge in [0.05, 0.1) is 42.8 Å². The summed E-state index contributed by atoms with van der Waals surface area (Å²) in [5.41, 5.74) is 2.12. The first-order valence-corrected chi connectivity index (χ1v) is 8.09. The third kappa shape index (κ3) is 3.67. The first-order chi connectivity index (χ1) is 13.1. The molecule has 7 heteroatoms. The van der Waals surface area contributed by atoms with Gasteiger partial charge in [-0.3, -0.25) is 10.1 Å². The minimum atomic E-state index is -0.407. The van der Waals surface area contributed by atoms with Crippen LogP contribution in [0.1, 0.15) is 11.3 Å². The Balaban J connectivity index is 1.97. The number of ether oxygens (including phenoxy) is 3. The lowest BCUT2D eigenvalue weighted by Gasteiger charge is -2.12. The van der Waals surface area contributed by atoms with E-state index in [4.69, 9.17) is 14.2 Å². The van der Waals surface area contributed by atoms with E-state index in [0.29, 0.717) is 33.8 Å². The van der Waals surface area contributed by atoms with Crippen molar-refractivity contribution in [2.45, 2.75) is 0 Å². The first-order valence-electron chi connectivity index (χ1n) is 8.09. The number of hydrogen-bond acceptors (Lipinski definition) is 6. The van der Waals surface area contributed by atoms with Gasteiger partial charge in [0, 0.05) is 6.07 Å². The van der Waals surface area contributed by atoms with Gasteiger partial charge in [-0.15, -0.1) is 0 Å². The monoisotopic (exact) mass is 366 g/mol. The molecule has 3 rings (SSSR count). The van der Waals surface area contributed by atoms with E-state index in [1.54, 1.807) is 45.6 Å². The Kier molecular flexibility index (Phi) is 5.21. The van der Waals surface area contributed by atoms with E-state index in [1.165, 1.54) is 6.07 Å². The number of pyridine rings is 1. The molecule has 138 valence electrons. The van der Waals surface area contributed by atoms with Crippen molar-refractivity contribution < 1.29 is 19.1 Å². The molecular weight excluding hydrogens is 348 g/mol. The summed E-state index contributed by atoms with van der Waals surface area (Å²) in [4.78, 5) is 15.2. The molecular formula is C20H18N2O5. The largest absolute Gasteiger partial charge is 0.493 e. The zero-order chi connectivity index (χ0) is 19.4.